The summed E-state index contributed by atoms with van der Waals surface area (Å²) >= 11 is 0. The van der Waals surface area contributed by atoms with E-state index in [1.807, 2.05) is 0 Å². The number of carboxylic acid groups (broad SMARTS) is 1. The summed E-state index contributed by atoms with van der Waals surface area (Å²) < 4.78 is 10.5. The van der Waals surface area contributed by atoms with Gasteiger partial charge in [-0.2, -0.15) is 0 Å². The molecular weight excluding hydrogens is 376 g/mol. The molecule has 0 aromatic carbocycles. The average molecular weight is 419 g/mol. The van der Waals surface area contributed by atoms with E-state index in [4.69, 9.17) is 14.6 Å². The Bertz CT molecular complexity index is 418. The van der Waals surface area contributed by atoms with Gasteiger partial charge in [-0.15, -0.1) is 0 Å². The summed E-state index contributed by atoms with van der Waals surface area (Å²) in [5, 5.41) is 38.2. The third kappa shape index (κ3) is 10.7. The molecule has 5 atom stereocenters. The van der Waals surface area contributed by atoms with Gasteiger partial charge in [-0.05, 0) is 6.42 Å². The quantitative estimate of drug-likeness (QED) is 0.268. The van der Waals surface area contributed by atoms with Crippen molar-refractivity contribution in [3.05, 3.63) is 0 Å². The fourth-order valence-corrected chi connectivity index (χ4v) is 3.69. The first kappa shape index (κ1) is 26.3. The number of aliphatic hydroxyl groups is 3. The van der Waals surface area contributed by atoms with Crippen LogP contribution >= 0.6 is 0 Å². The molecule has 1 rings (SSSR count). The van der Waals surface area contributed by atoms with Crippen molar-refractivity contribution in [3.8, 4) is 0 Å². The molecule has 1 heterocycles. The van der Waals surface area contributed by atoms with Crippen molar-refractivity contribution < 1.29 is 34.7 Å². The van der Waals surface area contributed by atoms with E-state index < -0.39 is 36.7 Å². The van der Waals surface area contributed by atoms with Gasteiger partial charge in [-0.3, -0.25) is 0 Å². The standard InChI is InChI=1S/C22H42O7/c1-2-3-4-5-6-7-8-9-10-11-12-13-14-15-16-28-22-19(25)17(23)18(24)20(29-22)21(26)27/h17-20,22-25H,2-16H2,1H3,(H,26,27)/t17-,18-,19+,20-,22?/m0/s1. The first-order valence-corrected chi connectivity index (χ1v) is 11.5. The van der Waals surface area contributed by atoms with Crippen molar-refractivity contribution in [1.29, 1.82) is 0 Å². The smallest absolute Gasteiger partial charge is 0.335 e. The maximum atomic E-state index is 11.0. The summed E-state index contributed by atoms with van der Waals surface area (Å²) in [7, 11) is 0. The molecule has 172 valence electrons. The van der Waals surface area contributed by atoms with E-state index in [2.05, 4.69) is 6.92 Å². The van der Waals surface area contributed by atoms with Crippen LogP contribution in [0.25, 0.3) is 0 Å². The fraction of sp³-hybridized carbons (Fsp3) is 0.955. The van der Waals surface area contributed by atoms with Crippen molar-refractivity contribution >= 4 is 5.97 Å². The zero-order valence-electron chi connectivity index (χ0n) is 18.0. The van der Waals surface area contributed by atoms with Crippen molar-refractivity contribution in [1.82, 2.24) is 0 Å². The molecule has 0 aromatic heterocycles. The number of aliphatic carboxylic acids is 1. The highest BCUT2D eigenvalue weighted by Gasteiger charge is 2.47. The molecule has 29 heavy (non-hydrogen) atoms. The van der Waals surface area contributed by atoms with Gasteiger partial charge in [0.25, 0.3) is 0 Å². The Morgan fingerprint density at radius 1 is 0.724 bits per heavy atom. The van der Waals surface area contributed by atoms with Crippen LogP contribution in [0, 0.1) is 0 Å². The normalized spacial score (nSPS) is 27.2. The lowest BCUT2D eigenvalue weighted by molar-refractivity contribution is -0.294. The van der Waals surface area contributed by atoms with E-state index in [0.717, 1.165) is 19.3 Å². The van der Waals surface area contributed by atoms with Gasteiger partial charge in [0.15, 0.2) is 12.4 Å². The van der Waals surface area contributed by atoms with Crippen LogP contribution in [0.15, 0.2) is 0 Å². The van der Waals surface area contributed by atoms with E-state index in [1.165, 1.54) is 70.6 Å². The molecule has 1 fully saturated rings. The molecule has 0 radical (unpaired) electrons. The van der Waals surface area contributed by atoms with Crippen molar-refractivity contribution in [2.24, 2.45) is 0 Å². The number of unbranched alkanes of at least 4 members (excludes halogenated alkanes) is 13. The molecule has 0 bridgehead atoms. The van der Waals surface area contributed by atoms with E-state index in [0.29, 0.717) is 6.61 Å². The maximum Gasteiger partial charge on any atom is 0.335 e. The Kier molecular flexibility index (Phi) is 14.5. The predicted octanol–water partition coefficient (Wildman–Crippen LogP) is 3.38. The van der Waals surface area contributed by atoms with Crippen LogP contribution < -0.4 is 0 Å². The van der Waals surface area contributed by atoms with Gasteiger partial charge in [-0.25, -0.2) is 4.79 Å². The van der Waals surface area contributed by atoms with E-state index >= 15 is 0 Å². The van der Waals surface area contributed by atoms with Gasteiger partial charge < -0.3 is 29.9 Å². The minimum absolute atomic E-state index is 0.314. The molecule has 0 spiro atoms. The molecule has 1 unspecified atom stereocenters. The van der Waals surface area contributed by atoms with Crippen LogP contribution in [0.5, 0.6) is 0 Å². The molecule has 1 aliphatic heterocycles. The van der Waals surface area contributed by atoms with E-state index in [-0.39, 0.29) is 0 Å². The predicted molar refractivity (Wildman–Crippen MR) is 111 cm³/mol. The Morgan fingerprint density at radius 2 is 1.17 bits per heavy atom. The fourth-order valence-electron chi connectivity index (χ4n) is 3.69. The molecule has 1 aliphatic rings. The largest absolute Gasteiger partial charge is 0.479 e. The SMILES string of the molecule is CCCCCCCCCCCCCCCCOC1O[C@H](C(=O)O)[C@@H](O)[C@H](O)[C@H]1O. The van der Waals surface area contributed by atoms with Crippen LogP contribution in [0.2, 0.25) is 0 Å². The summed E-state index contributed by atoms with van der Waals surface area (Å²) in [6.45, 7) is 2.56. The van der Waals surface area contributed by atoms with E-state index in [9.17, 15) is 20.1 Å². The minimum Gasteiger partial charge on any atom is -0.479 e. The molecule has 0 amide bonds. The van der Waals surface area contributed by atoms with Crippen LogP contribution in [-0.4, -0.2) is 63.7 Å². The summed E-state index contributed by atoms with van der Waals surface area (Å²) in [4.78, 5) is 11.0. The molecule has 1 saturated heterocycles. The summed E-state index contributed by atoms with van der Waals surface area (Å²) in [6, 6.07) is 0. The zero-order chi connectivity index (χ0) is 21.5. The zero-order valence-corrected chi connectivity index (χ0v) is 18.0. The van der Waals surface area contributed by atoms with Gasteiger partial charge in [0.05, 0.1) is 0 Å². The van der Waals surface area contributed by atoms with Crippen LogP contribution in [0.3, 0.4) is 0 Å². The Balaban J connectivity index is 1.96. The number of rotatable bonds is 17. The second-order valence-corrected chi connectivity index (χ2v) is 8.20. The average Bonchev–Trinajstić information content (AvgIpc) is 2.70. The van der Waals surface area contributed by atoms with Gasteiger partial charge in [0.2, 0.25) is 0 Å². The Labute approximate surface area is 175 Å². The lowest BCUT2D eigenvalue weighted by Gasteiger charge is -2.38. The highest BCUT2D eigenvalue weighted by atomic mass is 16.7. The van der Waals surface area contributed by atoms with Crippen molar-refractivity contribution in [2.45, 2.75) is 128 Å². The molecule has 0 aromatic rings. The monoisotopic (exact) mass is 418 g/mol. The third-order valence-corrected chi connectivity index (χ3v) is 5.59. The second kappa shape index (κ2) is 16.0. The van der Waals surface area contributed by atoms with E-state index in [1.54, 1.807) is 0 Å². The third-order valence-electron chi connectivity index (χ3n) is 5.59. The number of carboxylic acids is 1. The van der Waals surface area contributed by atoms with Crippen molar-refractivity contribution in [2.75, 3.05) is 6.61 Å². The van der Waals surface area contributed by atoms with Gasteiger partial charge in [-0.1, -0.05) is 90.4 Å². The van der Waals surface area contributed by atoms with Crippen LogP contribution in [0.1, 0.15) is 96.8 Å². The molecule has 0 saturated carbocycles. The number of hydrogen-bond acceptors (Lipinski definition) is 6. The minimum atomic E-state index is -1.68. The summed E-state index contributed by atoms with van der Waals surface area (Å²) in [6.07, 6.45) is 9.91. The van der Waals surface area contributed by atoms with Gasteiger partial charge in [0.1, 0.15) is 18.3 Å². The first-order valence-electron chi connectivity index (χ1n) is 11.5. The number of aliphatic hydroxyl groups excluding tert-OH is 3. The highest BCUT2D eigenvalue weighted by molar-refractivity contribution is 5.73. The lowest BCUT2D eigenvalue weighted by atomic mass is 9.99. The van der Waals surface area contributed by atoms with Gasteiger partial charge >= 0.3 is 5.97 Å². The molecule has 0 aliphatic carbocycles. The van der Waals surface area contributed by atoms with Crippen molar-refractivity contribution in [3.63, 3.8) is 0 Å². The van der Waals surface area contributed by atoms with Crippen LogP contribution in [-0.2, 0) is 14.3 Å². The molecule has 7 heteroatoms. The molecule has 7 nitrogen and oxygen atoms in total. The maximum absolute atomic E-state index is 11.0. The Hall–Kier alpha value is -0.730. The van der Waals surface area contributed by atoms with Crippen LogP contribution in [0.4, 0.5) is 0 Å². The molecular formula is C22H42O7. The second-order valence-electron chi connectivity index (χ2n) is 8.20. The summed E-state index contributed by atoms with van der Waals surface area (Å²) in [5.74, 6) is -1.39. The highest BCUT2D eigenvalue weighted by Crippen LogP contribution is 2.22. The Morgan fingerprint density at radius 3 is 1.62 bits per heavy atom. The summed E-state index contributed by atoms with van der Waals surface area (Å²) in [5.41, 5.74) is 0. The first-order chi connectivity index (χ1) is 14.0. The number of hydrogen-bond donors (Lipinski definition) is 4. The number of ether oxygens (including phenoxy) is 2. The topological polar surface area (TPSA) is 116 Å². The number of carbonyl (C=O) groups is 1. The lowest BCUT2D eigenvalue weighted by Crippen LogP contribution is -2.60. The molecule has 4 N–H and O–H groups in total. The van der Waals surface area contributed by atoms with Gasteiger partial charge in [0, 0.05) is 6.61 Å².